The topological polar surface area (TPSA) is 68.2 Å². The Balaban J connectivity index is 1.93. The van der Waals surface area contributed by atoms with Crippen molar-refractivity contribution < 1.29 is 4.52 Å². The molecule has 0 aliphatic carbocycles. The quantitative estimate of drug-likeness (QED) is 0.885. The lowest BCUT2D eigenvalue weighted by molar-refractivity contribution is 0.213. The van der Waals surface area contributed by atoms with E-state index in [9.17, 15) is 0 Å². The molecular weight excluding hydrogens is 240 g/mol. The van der Waals surface area contributed by atoms with Gasteiger partial charge in [0, 0.05) is 12.5 Å². The maximum atomic E-state index is 6.19. The monoisotopic (exact) mass is 266 g/mol. The van der Waals surface area contributed by atoms with Crippen molar-refractivity contribution in [2.75, 3.05) is 19.6 Å². The molecular formula is C14H26N4O. The Bertz CT molecular complexity index is 385. The van der Waals surface area contributed by atoms with Crippen molar-refractivity contribution in [3.05, 3.63) is 11.7 Å². The Labute approximate surface area is 115 Å². The summed E-state index contributed by atoms with van der Waals surface area (Å²) in [6.45, 7) is 9.53. The summed E-state index contributed by atoms with van der Waals surface area (Å²) in [7, 11) is 0. The van der Waals surface area contributed by atoms with Crippen LogP contribution >= 0.6 is 0 Å². The SMILES string of the molecule is CC(C)C(C)c1nc(C(N)CN2CCCCC2)no1. The fraction of sp³-hybridized carbons (Fsp3) is 0.857. The molecule has 0 radical (unpaired) electrons. The minimum absolute atomic E-state index is 0.144. The van der Waals surface area contributed by atoms with Crippen molar-refractivity contribution in [3.8, 4) is 0 Å². The second kappa shape index (κ2) is 6.48. The predicted octanol–water partition coefficient (Wildman–Crippen LogP) is 2.31. The van der Waals surface area contributed by atoms with Gasteiger partial charge in [-0.15, -0.1) is 0 Å². The zero-order valence-electron chi connectivity index (χ0n) is 12.3. The fourth-order valence-electron chi connectivity index (χ4n) is 2.37. The Morgan fingerprint density at radius 1 is 1.21 bits per heavy atom. The number of aromatic nitrogens is 2. The summed E-state index contributed by atoms with van der Waals surface area (Å²) in [5.41, 5.74) is 6.19. The zero-order chi connectivity index (χ0) is 13.8. The van der Waals surface area contributed by atoms with Crippen LogP contribution in [0.3, 0.4) is 0 Å². The van der Waals surface area contributed by atoms with Crippen LogP contribution in [0.15, 0.2) is 4.52 Å². The highest BCUT2D eigenvalue weighted by atomic mass is 16.5. The van der Waals surface area contributed by atoms with E-state index in [1.807, 2.05) is 0 Å². The molecule has 0 spiro atoms. The number of hydrogen-bond donors (Lipinski definition) is 1. The number of piperidine rings is 1. The number of nitrogens with two attached hydrogens (primary N) is 1. The lowest BCUT2D eigenvalue weighted by Gasteiger charge is -2.27. The second-order valence-electron chi connectivity index (χ2n) is 5.99. The highest BCUT2D eigenvalue weighted by Crippen LogP contribution is 2.23. The number of likely N-dealkylation sites (tertiary alicyclic amines) is 1. The van der Waals surface area contributed by atoms with Crippen LogP contribution in [0.4, 0.5) is 0 Å². The maximum Gasteiger partial charge on any atom is 0.229 e. The third-order valence-corrected chi connectivity index (χ3v) is 4.08. The lowest BCUT2D eigenvalue weighted by atomic mass is 9.98. The summed E-state index contributed by atoms with van der Waals surface area (Å²) in [5, 5.41) is 4.05. The number of nitrogens with zero attached hydrogens (tertiary/aromatic N) is 3. The lowest BCUT2D eigenvalue weighted by Crippen LogP contribution is -2.36. The number of hydrogen-bond acceptors (Lipinski definition) is 5. The van der Waals surface area contributed by atoms with E-state index >= 15 is 0 Å². The van der Waals surface area contributed by atoms with Crippen LogP contribution in [0.5, 0.6) is 0 Å². The van der Waals surface area contributed by atoms with Gasteiger partial charge in [-0.1, -0.05) is 32.3 Å². The summed E-state index contributed by atoms with van der Waals surface area (Å²) >= 11 is 0. The van der Waals surface area contributed by atoms with Gasteiger partial charge in [0.1, 0.15) is 0 Å². The first-order valence-electron chi connectivity index (χ1n) is 7.39. The third kappa shape index (κ3) is 3.76. The Hall–Kier alpha value is -0.940. The highest BCUT2D eigenvalue weighted by molar-refractivity contribution is 4.98. The van der Waals surface area contributed by atoms with Gasteiger partial charge in [-0.05, 0) is 31.8 Å². The van der Waals surface area contributed by atoms with Gasteiger partial charge >= 0.3 is 0 Å². The molecule has 5 heteroatoms. The molecule has 108 valence electrons. The zero-order valence-corrected chi connectivity index (χ0v) is 12.3. The van der Waals surface area contributed by atoms with Crippen LogP contribution in [-0.2, 0) is 0 Å². The molecule has 1 saturated heterocycles. The summed E-state index contributed by atoms with van der Waals surface area (Å²) < 4.78 is 5.34. The smallest absolute Gasteiger partial charge is 0.229 e. The minimum atomic E-state index is -0.144. The van der Waals surface area contributed by atoms with E-state index in [1.165, 1.54) is 19.3 Å². The van der Waals surface area contributed by atoms with Gasteiger partial charge in [0.2, 0.25) is 5.89 Å². The third-order valence-electron chi connectivity index (χ3n) is 4.08. The molecule has 0 amide bonds. The van der Waals surface area contributed by atoms with Crippen molar-refractivity contribution >= 4 is 0 Å². The van der Waals surface area contributed by atoms with Gasteiger partial charge in [0.25, 0.3) is 0 Å². The van der Waals surface area contributed by atoms with Gasteiger partial charge in [-0.2, -0.15) is 4.98 Å². The molecule has 1 aliphatic heterocycles. The standard InChI is InChI=1S/C14H26N4O/c1-10(2)11(3)14-16-13(17-19-14)12(15)9-18-7-5-4-6-8-18/h10-12H,4-9,15H2,1-3H3. The van der Waals surface area contributed by atoms with E-state index in [0.29, 0.717) is 17.6 Å². The Morgan fingerprint density at radius 2 is 1.89 bits per heavy atom. The molecule has 19 heavy (non-hydrogen) atoms. The predicted molar refractivity (Wildman–Crippen MR) is 74.8 cm³/mol. The average Bonchev–Trinajstić information content (AvgIpc) is 2.88. The molecule has 2 rings (SSSR count). The second-order valence-corrected chi connectivity index (χ2v) is 5.99. The molecule has 5 nitrogen and oxygen atoms in total. The van der Waals surface area contributed by atoms with Crippen LogP contribution in [0.2, 0.25) is 0 Å². The largest absolute Gasteiger partial charge is 0.339 e. The fourth-order valence-corrected chi connectivity index (χ4v) is 2.37. The summed E-state index contributed by atoms with van der Waals surface area (Å²) in [4.78, 5) is 6.87. The molecule has 0 aromatic carbocycles. The van der Waals surface area contributed by atoms with Gasteiger partial charge in [-0.3, -0.25) is 0 Å². The molecule has 1 aromatic heterocycles. The van der Waals surface area contributed by atoms with E-state index in [1.54, 1.807) is 0 Å². The van der Waals surface area contributed by atoms with Crippen molar-refractivity contribution in [3.63, 3.8) is 0 Å². The van der Waals surface area contributed by atoms with E-state index in [0.717, 1.165) is 19.6 Å². The molecule has 2 heterocycles. The van der Waals surface area contributed by atoms with Gasteiger partial charge < -0.3 is 15.2 Å². The first kappa shape index (κ1) is 14.5. The van der Waals surface area contributed by atoms with Crippen molar-refractivity contribution in [1.82, 2.24) is 15.0 Å². The molecule has 1 aromatic rings. The van der Waals surface area contributed by atoms with E-state index < -0.39 is 0 Å². The van der Waals surface area contributed by atoms with Crippen molar-refractivity contribution in [2.24, 2.45) is 11.7 Å². The normalized spacial score (nSPS) is 20.7. The van der Waals surface area contributed by atoms with Crippen molar-refractivity contribution in [1.29, 1.82) is 0 Å². The molecule has 1 aliphatic rings. The van der Waals surface area contributed by atoms with Gasteiger partial charge in [-0.25, -0.2) is 0 Å². The molecule has 1 fully saturated rings. The minimum Gasteiger partial charge on any atom is -0.339 e. The van der Waals surface area contributed by atoms with E-state index in [-0.39, 0.29) is 12.0 Å². The van der Waals surface area contributed by atoms with Crippen LogP contribution in [0, 0.1) is 5.92 Å². The van der Waals surface area contributed by atoms with Crippen LogP contribution in [-0.4, -0.2) is 34.7 Å². The van der Waals surface area contributed by atoms with Gasteiger partial charge in [0.15, 0.2) is 5.82 Å². The van der Waals surface area contributed by atoms with Gasteiger partial charge in [0.05, 0.1) is 6.04 Å². The molecule has 2 N–H and O–H groups in total. The van der Waals surface area contributed by atoms with Crippen LogP contribution in [0.25, 0.3) is 0 Å². The van der Waals surface area contributed by atoms with E-state index in [2.05, 4.69) is 35.8 Å². The van der Waals surface area contributed by atoms with E-state index in [4.69, 9.17) is 10.3 Å². The summed E-state index contributed by atoms with van der Waals surface area (Å²) in [6, 6.07) is -0.144. The Kier molecular flexibility index (Phi) is 4.93. The van der Waals surface area contributed by atoms with Crippen LogP contribution in [0.1, 0.15) is 63.7 Å². The highest BCUT2D eigenvalue weighted by Gasteiger charge is 2.22. The Morgan fingerprint density at radius 3 is 2.53 bits per heavy atom. The first-order valence-corrected chi connectivity index (χ1v) is 7.39. The summed E-state index contributed by atoms with van der Waals surface area (Å²) in [5.74, 6) is 2.13. The summed E-state index contributed by atoms with van der Waals surface area (Å²) in [6.07, 6.45) is 3.88. The molecule has 0 bridgehead atoms. The van der Waals surface area contributed by atoms with Crippen molar-refractivity contribution in [2.45, 2.75) is 52.0 Å². The average molecular weight is 266 g/mol. The van der Waals surface area contributed by atoms with Crippen LogP contribution < -0.4 is 5.73 Å². The number of rotatable bonds is 5. The first-order chi connectivity index (χ1) is 9.08. The molecule has 2 unspecified atom stereocenters. The molecule has 0 saturated carbocycles. The molecule has 2 atom stereocenters. The maximum absolute atomic E-state index is 6.19.